The van der Waals surface area contributed by atoms with Gasteiger partial charge in [-0.2, -0.15) is 0 Å². The first-order valence-electron chi connectivity index (χ1n) is 8.59. The fourth-order valence-electron chi connectivity index (χ4n) is 3.43. The number of hydrogen-bond donors (Lipinski definition) is 0. The molecule has 25 heavy (non-hydrogen) atoms. The van der Waals surface area contributed by atoms with Gasteiger partial charge >= 0.3 is 0 Å². The molecule has 0 aliphatic carbocycles. The Morgan fingerprint density at radius 1 is 1.12 bits per heavy atom. The zero-order valence-electron chi connectivity index (χ0n) is 14.0. The number of fused-ring (bicyclic) bond motifs is 1. The third-order valence-corrected chi connectivity index (χ3v) is 4.64. The molecule has 4 rings (SSSR count). The van der Waals surface area contributed by atoms with Crippen LogP contribution in [0.3, 0.4) is 0 Å². The van der Waals surface area contributed by atoms with Crippen LogP contribution in [-0.2, 0) is 17.7 Å². The zero-order valence-corrected chi connectivity index (χ0v) is 14.0. The number of hydrogen-bond acceptors (Lipinski definition) is 4. The van der Waals surface area contributed by atoms with E-state index < -0.39 is 0 Å². The van der Waals surface area contributed by atoms with E-state index >= 15 is 0 Å². The molecule has 0 N–H and O–H groups in total. The monoisotopic (exact) mass is 340 g/mol. The maximum absolute atomic E-state index is 13.9. The van der Waals surface area contributed by atoms with E-state index in [1.807, 2.05) is 24.7 Å². The van der Waals surface area contributed by atoms with E-state index in [-0.39, 0.29) is 5.82 Å². The summed E-state index contributed by atoms with van der Waals surface area (Å²) < 4.78 is 21.8. The highest BCUT2D eigenvalue weighted by molar-refractivity contribution is 5.52. The lowest BCUT2D eigenvalue weighted by molar-refractivity contribution is 0.121. The highest BCUT2D eigenvalue weighted by atomic mass is 19.1. The molecule has 130 valence electrons. The minimum atomic E-state index is -0.246. The molecule has 1 atom stereocenters. The molecule has 0 radical (unpaired) electrons. The molecule has 5 nitrogen and oxygen atoms in total. The summed E-state index contributed by atoms with van der Waals surface area (Å²) in [6.45, 7) is 3.50. The maximum Gasteiger partial charge on any atom is 0.146 e. The molecule has 1 aliphatic rings. The summed E-state index contributed by atoms with van der Waals surface area (Å²) in [4.78, 5) is 11.0. The number of aromatic nitrogens is 3. The van der Waals surface area contributed by atoms with Crippen molar-refractivity contribution < 1.29 is 9.13 Å². The Bertz CT molecular complexity index is 850. The molecule has 0 unspecified atom stereocenters. The van der Waals surface area contributed by atoms with Gasteiger partial charge in [0.05, 0.1) is 30.1 Å². The summed E-state index contributed by atoms with van der Waals surface area (Å²) in [6.07, 6.45) is 8.30. The summed E-state index contributed by atoms with van der Waals surface area (Å²) in [6, 6.07) is 7.20. The summed E-state index contributed by atoms with van der Waals surface area (Å²) in [5.41, 5.74) is 2.70. The van der Waals surface area contributed by atoms with Gasteiger partial charge in [0.15, 0.2) is 0 Å². The lowest BCUT2D eigenvalue weighted by Gasteiger charge is -2.23. The van der Waals surface area contributed by atoms with Crippen LogP contribution in [0.15, 0.2) is 49.1 Å². The number of halogens is 1. The summed E-state index contributed by atoms with van der Waals surface area (Å²) in [5.74, 6) is 0.0757. The second-order valence-electron chi connectivity index (χ2n) is 6.49. The Balaban J connectivity index is 1.48. The van der Waals surface area contributed by atoms with Crippen molar-refractivity contribution in [2.24, 2.45) is 5.92 Å². The van der Waals surface area contributed by atoms with Crippen LogP contribution in [0.5, 0.6) is 0 Å². The van der Waals surface area contributed by atoms with E-state index in [9.17, 15) is 4.39 Å². The molecule has 0 saturated carbocycles. The van der Waals surface area contributed by atoms with Crippen molar-refractivity contribution in [3.8, 4) is 0 Å². The smallest absolute Gasteiger partial charge is 0.146 e. The molecular weight excluding hydrogens is 319 g/mol. The lowest BCUT2D eigenvalue weighted by Crippen LogP contribution is -2.31. The maximum atomic E-state index is 13.9. The quantitative estimate of drug-likeness (QED) is 0.732. The van der Waals surface area contributed by atoms with Crippen LogP contribution in [0.25, 0.3) is 5.52 Å². The van der Waals surface area contributed by atoms with Crippen LogP contribution in [0, 0.1) is 11.7 Å². The second kappa shape index (κ2) is 7.29. The summed E-state index contributed by atoms with van der Waals surface area (Å²) in [5, 5.41) is 0. The van der Waals surface area contributed by atoms with E-state index in [2.05, 4.69) is 25.3 Å². The molecule has 1 saturated heterocycles. The van der Waals surface area contributed by atoms with Crippen molar-refractivity contribution in [3.63, 3.8) is 0 Å². The fourth-order valence-corrected chi connectivity index (χ4v) is 3.43. The standard InChI is InChI=1S/C19H21FN4O/c20-16-3-1-5-21-18(16)13-23-9-10-25-14-15(12-23)11-17-19-4-2-7-24(19)8-6-22-17/h1-8,15H,9-14H2/t15-/m1/s1. The van der Waals surface area contributed by atoms with Gasteiger partial charge in [-0.05, 0) is 30.7 Å². The van der Waals surface area contributed by atoms with E-state index in [0.717, 1.165) is 30.7 Å². The molecule has 3 aromatic heterocycles. The Labute approximate surface area is 146 Å². The first kappa shape index (κ1) is 16.2. The van der Waals surface area contributed by atoms with Crippen LogP contribution < -0.4 is 0 Å². The Morgan fingerprint density at radius 3 is 2.96 bits per heavy atom. The molecular formula is C19H21FN4O. The third kappa shape index (κ3) is 3.70. The number of nitrogens with zero attached hydrogens (tertiary/aromatic N) is 4. The molecule has 6 heteroatoms. The molecule has 0 spiro atoms. The van der Waals surface area contributed by atoms with Gasteiger partial charge in [-0.25, -0.2) is 4.39 Å². The van der Waals surface area contributed by atoms with Crippen molar-refractivity contribution in [1.29, 1.82) is 0 Å². The Morgan fingerprint density at radius 2 is 2.04 bits per heavy atom. The molecule has 0 amide bonds. The Hall–Kier alpha value is -2.31. The minimum Gasteiger partial charge on any atom is -0.380 e. The predicted octanol–water partition coefficient (Wildman–Crippen LogP) is 2.56. The second-order valence-corrected chi connectivity index (χ2v) is 6.49. The van der Waals surface area contributed by atoms with Gasteiger partial charge in [0.2, 0.25) is 0 Å². The number of ether oxygens (including phenoxy) is 1. The van der Waals surface area contributed by atoms with Crippen LogP contribution in [0.1, 0.15) is 11.4 Å². The summed E-state index contributed by atoms with van der Waals surface area (Å²) in [7, 11) is 0. The van der Waals surface area contributed by atoms with E-state index in [1.165, 1.54) is 6.07 Å². The van der Waals surface area contributed by atoms with Crippen molar-refractivity contribution in [2.75, 3.05) is 26.3 Å². The van der Waals surface area contributed by atoms with E-state index in [4.69, 9.17) is 4.74 Å². The average Bonchev–Trinajstić information content (AvgIpc) is 3.00. The molecule has 1 fully saturated rings. The van der Waals surface area contributed by atoms with Crippen molar-refractivity contribution >= 4 is 5.52 Å². The highest BCUT2D eigenvalue weighted by Crippen LogP contribution is 2.18. The fraction of sp³-hybridized carbons (Fsp3) is 0.368. The van der Waals surface area contributed by atoms with Gasteiger partial charge in [0.1, 0.15) is 5.82 Å². The predicted molar refractivity (Wildman–Crippen MR) is 92.7 cm³/mol. The number of pyridine rings is 1. The molecule has 0 aromatic carbocycles. The lowest BCUT2D eigenvalue weighted by atomic mass is 10.0. The Kier molecular flexibility index (Phi) is 4.72. The van der Waals surface area contributed by atoms with Gasteiger partial charge < -0.3 is 9.14 Å². The van der Waals surface area contributed by atoms with Crippen molar-refractivity contribution in [2.45, 2.75) is 13.0 Å². The average molecular weight is 340 g/mol. The van der Waals surface area contributed by atoms with Gasteiger partial charge in [0, 0.05) is 50.3 Å². The zero-order chi connectivity index (χ0) is 17.1. The van der Waals surface area contributed by atoms with Crippen molar-refractivity contribution in [3.05, 3.63) is 66.3 Å². The first-order valence-corrected chi connectivity index (χ1v) is 8.59. The molecule has 3 aromatic rings. The van der Waals surface area contributed by atoms with Crippen LogP contribution in [0.2, 0.25) is 0 Å². The van der Waals surface area contributed by atoms with E-state index in [1.54, 1.807) is 12.3 Å². The minimum absolute atomic E-state index is 0.246. The topological polar surface area (TPSA) is 42.7 Å². The van der Waals surface area contributed by atoms with Gasteiger partial charge in [-0.1, -0.05) is 0 Å². The van der Waals surface area contributed by atoms with Gasteiger partial charge in [-0.3, -0.25) is 14.9 Å². The van der Waals surface area contributed by atoms with Crippen LogP contribution in [-0.4, -0.2) is 45.6 Å². The van der Waals surface area contributed by atoms with E-state index in [0.29, 0.717) is 31.4 Å². The van der Waals surface area contributed by atoms with Gasteiger partial charge in [-0.15, -0.1) is 0 Å². The third-order valence-electron chi connectivity index (χ3n) is 4.64. The molecule has 0 bridgehead atoms. The molecule has 1 aliphatic heterocycles. The SMILES string of the molecule is Fc1cccnc1CN1CCOC[C@H](Cc2nccn3cccc23)C1. The van der Waals surface area contributed by atoms with Gasteiger partial charge in [0.25, 0.3) is 0 Å². The summed E-state index contributed by atoms with van der Waals surface area (Å²) >= 11 is 0. The largest absolute Gasteiger partial charge is 0.380 e. The number of rotatable bonds is 4. The van der Waals surface area contributed by atoms with Crippen molar-refractivity contribution in [1.82, 2.24) is 19.3 Å². The van der Waals surface area contributed by atoms with Crippen LogP contribution in [0.4, 0.5) is 4.39 Å². The van der Waals surface area contributed by atoms with Crippen LogP contribution >= 0.6 is 0 Å². The normalized spacial score (nSPS) is 19.2. The highest BCUT2D eigenvalue weighted by Gasteiger charge is 2.21. The first-order chi connectivity index (χ1) is 12.3. The molecule has 4 heterocycles.